The Kier molecular flexibility index (Phi) is 4.76. The zero-order chi connectivity index (χ0) is 16.1. The number of carbonyl (C=O) groups is 1. The van der Waals surface area contributed by atoms with Crippen LogP contribution in [0.1, 0.15) is 44.9 Å². The Hall–Kier alpha value is -2.15. The Morgan fingerprint density at radius 3 is 2.91 bits per heavy atom. The minimum atomic E-state index is -0.640. The van der Waals surface area contributed by atoms with Gasteiger partial charge in [0.05, 0.1) is 25.0 Å². The predicted octanol–water partition coefficient (Wildman–Crippen LogP) is 2.69. The third-order valence-corrected chi connectivity index (χ3v) is 4.20. The number of hydrogen-bond donors (Lipinski definition) is 1. The molecule has 1 fully saturated rings. The zero-order valence-electron chi connectivity index (χ0n) is 13.2. The van der Waals surface area contributed by atoms with Gasteiger partial charge in [-0.3, -0.25) is 10.1 Å². The highest BCUT2D eigenvalue weighted by molar-refractivity contribution is 5.81. The normalized spacial score (nSPS) is 17.1. The fourth-order valence-corrected chi connectivity index (χ4v) is 2.96. The summed E-state index contributed by atoms with van der Waals surface area (Å²) in [5.41, 5.74) is 0.121. The molecular formula is C16H21N3O4. The van der Waals surface area contributed by atoms with Crippen LogP contribution in [0.4, 0.5) is 0 Å². The van der Waals surface area contributed by atoms with E-state index in [1.807, 2.05) is 6.92 Å². The van der Waals surface area contributed by atoms with E-state index >= 15 is 0 Å². The zero-order valence-corrected chi connectivity index (χ0v) is 13.2. The van der Waals surface area contributed by atoms with Gasteiger partial charge in [0.1, 0.15) is 11.8 Å². The first-order valence-electron chi connectivity index (χ1n) is 8.01. The topological polar surface area (TPSA) is 90.4 Å². The second-order valence-electron chi connectivity index (χ2n) is 5.74. The summed E-state index contributed by atoms with van der Waals surface area (Å²) in [6.07, 6.45) is 7.83. The summed E-state index contributed by atoms with van der Waals surface area (Å²) in [5, 5.41) is 7.22. The van der Waals surface area contributed by atoms with Crippen LogP contribution < -0.4 is 5.32 Å². The molecule has 0 spiro atoms. The number of nitrogens with zero attached hydrogens (tertiary/aromatic N) is 2. The van der Waals surface area contributed by atoms with Crippen LogP contribution in [0.5, 0.6) is 0 Å². The molecule has 0 aromatic carbocycles. The van der Waals surface area contributed by atoms with Gasteiger partial charge in [-0.2, -0.15) is 4.98 Å². The lowest BCUT2D eigenvalue weighted by molar-refractivity contribution is -0.153. The summed E-state index contributed by atoms with van der Waals surface area (Å²) in [4.78, 5) is 16.7. The van der Waals surface area contributed by atoms with Gasteiger partial charge in [0.2, 0.25) is 11.7 Å². The Morgan fingerprint density at radius 1 is 1.39 bits per heavy atom. The Labute approximate surface area is 134 Å². The summed E-state index contributed by atoms with van der Waals surface area (Å²) in [6, 6.07) is 1.77. The number of ether oxygens (including phenoxy) is 1. The van der Waals surface area contributed by atoms with Gasteiger partial charge in [0, 0.05) is 0 Å². The average Bonchev–Trinajstić information content (AvgIpc) is 3.25. The number of nitrogens with one attached hydrogen (secondary N) is 1. The minimum absolute atomic E-state index is 0.186. The van der Waals surface area contributed by atoms with E-state index in [9.17, 15) is 4.79 Å². The average molecular weight is 319 g/mol. The molecule has 2 heterocycles. The molecular weight excluding hydrogens is 298 g/mol. The second kappa shape index (κ2) is 6.95. The summed E-state index contributed by atoms with van der Waals surface area (Å²) >= 11 is 0. The molecule has 0 atom stereocenters. The third kappa shape index (κ3) is 3.44. The molecule has 0 unspecified atom stereocenters. The highest BCUT2D eigenvalue weighted by atomic mass is 16.5. The molecule has 0 aliphatic heterocycles. The summed E-state index contributed by atoms with van der Waals surface area (Å²) in [7, 11) is 0. The summed E-state index contributed by atoms with van der Waals surface area (Å²) in [5.74, 6) is 0.731. The van der Waals surface area contributed by atoms with Crippen LogP contribution in [0, 0.1) is 0 Å². The van der Waals surface area contributed by atoms with E-state index in [1.54, 1.807) is 18.6 Å². The van der Waals surface area contributed by atoms with Crippen LogP contribution in [-0.2, 0) is 16.1 Å². The van der Waals surface area contributed by atoms with E-state index in [2.05, 4.69) is 15.5 Å². The van der Waals surface area contributed by atoms with Crippen LogP contribution in [0.2, 0.25) is 0 Å². The van der Waals surface area contributed by atoms with E-state index in [4.69, 9.17) is 13.7 Å². The molecule has 124 valence electrons. The van der Waals surface area contributed by atoms with Crippen LogP contribution in [0.25, 0.3) is 11.4 Å². The number of rotatable bonds is 6. The van der Waals surface area contributed by atoms with Crippen molar-refractivity contribution in [3.05, 3.63) is 24.5 Å². The van der Waals surface area contributed by atoms with Gasteiger partial charge in [0.25, 0.3) is 0 Å². The van der Waals surface area contributed by atoms with Gasteiger partial charge in [-0.05, 0) is 25.8 Å². The van der Waals surface area contributed by atoms with Gasteiger partial charge >= 0.3 is 5.97 Å². The first kappa shape index (κ1) is 15.7. The van der Waals surface area contributed by atoms with Crippen molar-refractivity contribution in [1.29, 1.82) is 0 Å². The van der Waals surface area contributed by atoms with Crippen molar-refractivity contribution in [2.45, 2.75) is 51.1 Å². The maximum absolute atomic E-state index is 12.4. The van der Waals surface area contributed by atoms with E-state index in [1.165, 1.54) is 0 Å². The molecule has 1 aliphatic rings. The number of esters is 1. The maximum Gasteiger partial charge on any atom is 0.326 e. The number of hydrogen-bond acceptors (Lipinski definition) is 7. The second-order valence-corrected chi connectivity index (χ2v) is 5.74. The number of aromatic nitrogens is 2. The Morgan fingerprint density at radius 2 is 2.22 bits per heavy atom. The lowest BCUT2D eigenvalue weighted by Crippen LogP contribution is -2.53. The SMILES string of the molecule is CCOC(=O)C1(NCc2nc(-c3ccoc3)no2)CCCCC1. The highest BCUT2D eigenvalue weighted by Crippen LogP contribution is 2.30. The molecule has 23 heavy (non-hydrogen) atoms. The van der Waals surface area contributed by atoms with Gasteiger partial charge in [-0.15, -0.1) is 0 Å². The fraction of sp³-hybridized carbons (Fsp3) is 0.562. The minimum Gasteiger partial charge on any atom is -0.472 e. The molecule has 7 heteroatoms. The van der Waals surface area contributed by atoms with Crippen molar-refractivity contribution in [3.63, 3.8) is 0 Å². The summed E-state index contributed by atoms with van der Waals surface area (Å²) < 4.78 is 15.5. The molecule has 1 aliphatic carbocycles. The predicted molar refractivity (Wildman–Crippen MR) is 81.3 cm³/mol. The number of furan rings is 1. The maximum atomic E-state index is 12.4. The van der Waals surface area contributed by atoms with Gasteiger partial charge in [0.15, 0.2) is 0 Å². The van der Waals surface area contributed by atoms with Gasteiger partial charge in [-0.1, -0.05) is 24.4 Å². The van der Waals surface area contributed by atoms with Crippen molar-refractivity contribution < 1.29 is 18.5 Å². The largest absolute Gasteiger partial charge is 0.472 e. The van der Waals surface area contributed by atoms with Crippen molar-refractivity contribution in [2.24, 2.45) is 0 Å². The highest BCUT2D eigenvalue weighted by Gasteiger charge is 2.40. The number of carbonyl (C=O) groups excluding carboxylic acids is 1. The quantitative estimate of drug-likeness (QED) is 0.818. The van der Waals surface area contributed by atoms with Gasteiger partial charge in [-0.25, -0.2) is 0 Å². The molecule has 0 saturated heterocycles. The van der Waals surface area contributed by atoms with Crippen molar-refractivity contribution >= 4 is 5.97 Å². The van der Waals surface area contributed by atoms with Crippen molar-refractivity contribution in [2.75, 3.05) is 6.61 Å². The Bertz CT molecular complexity index is 630. The molecule has 3 rings (SSSR count). The van der Waals surface area contributed by atoms with Gasteiger partial charge < -0.3 is 13.7 Å². The van der Waals surface area contributed by atoms with E-state index in [-0.39, 0.29) is 5.97 Å². The lowest BCUT2D eigenvalue weighted by Gasteiger charge is -2.35. The first-order valence-corrected chi connectivity index (χ1v) is 8.01. The van der Waals surface area contributed by atoms with Crippen LogP contribution in [0.15, 0.2) is 27.5 Å². The standard InChI is InChI=1S/C16H21N3O4/c1-2-22-15(20)16(7-4-3-5-8-16)17-10-13-18-14(19-23-13)12-6-9-21-11-12/h6,9,11,17H,2-5,7-8,10H2,1H3. The lowest BCUT2D eigenvalue weighted by atomic mass is 9.81. The molecule has 2 aromatic rings. The van der Waals surface area contributed by atoms with E-state index < -0.39 is 5.54 Å². The van der Waals surface area contributed by atoms with Crippen molar-refractivity contribution in [3.8, 4) is 11.4 Å². The molecule has 0 amide bonds. The molecule has 1 saturated carbocycles. The van der Waals surface area contributed by atoms with E-state index in [0.717, 1.165) is 37.7 Å². The fourth-order valence-electron chi connectivity index (χ4n) is 2.96. The molecule has 1 N–H and O–H groups in total. The molecule has 2 aromatic heterocycles. The summed E-state index contributed by atoms with van der Waals surface area (Å²) in [6.45, 7) is 2.54. The van der Waals surface area contributed by atoms with Crippen LogP contribution >= 0.6 is 0 Å². The van der Waals surface area contributed by atoms with E-state index in [0.29, 0.717) is 24.9 Å². The Balaban J connectivity index is 1.68. The molecule has 0 radical (unpaired) electrons. The monoisotopic (exact) mass is 319 g/mol. The first-order chi connectivity index (χ1) is 11.2. The van der Waals surface area contributed by atoms with Crippen LogP contribution in [-0.4, -0.2) is 28.3 Å². The molecule has 0 bridgehead atoms. The molecule has 7 nitrogen and oxygen atoms in total. The van der Waals surface area contributed by atoms with Crippen molar-refractivity contribution in [1.82, 2.24) is 15.5 Å². The van der Waals surface area contributed by atoms with Crippen LogP contribution in [0.3, 0.4) is 0 Å². The smallest absolute Gasteiger partial charge is 0.326 e. The third-order valence-electron chi connectivity index (χ3n) is 4.20.